The van der Waals surface area contributed by atoms with Gasteiger partial charge < -0.3 is 0 Å². The van der Waals surface area contributed by atoms with Crippen LogP contribution in [0.5, 0.6) is 0 Å². The van der Waals surface area contributed by atoms with E-state index >= 15 is 0 Å². The van der Waals surface area contributed by atoms with Gasteiger partial charge in [0.2, 0.25) is 0 Å². The molecule has 1 aromatic heterocycles. The second kappa shape index (κ2) is 5.42. The van der Waals surface area contributed by atoms with Gasteiger partial charge in [-0.1, -0.05) is 60.2 Å². The molecule has 0 aliphatic heterocycles. The van der Waals surface area contributed by atoms with Crippen LogP contribution in [0, 0.1) is 6.92 Å². The van der Waals surface area contributed by atoms with Gasteiger partial charge in [0, 0.05) is 17.8 Å². The molecule has 108 valence electrons. The third-order valence-corrected chi connectivity index (χ3v) is 4.61. The molecular weight excluding hydrogens is 266 g/mol. The molecule has 0 N–H and O–H groups in total. The molecule has 1 heterocycles. The van der Waals surface area contributed by atoms with Crippen molar-refractivity contribution in [1.82, 2.24) is 4.98 Å². The number of fused-ring (bicyclic) bond motifs is 2. The van der Waals surface area contributed by atoms with Crippen LogP contribution < -0.4 is 0 Å². The monoisotopic (exact) mass is 285 g/mol. The van der Waals surface area contributed by atoms with E-state index in [4.69, 9.17) is 0 Å². The van der Waals surface area contributed by atoms with Gasteiger partial charge in [-0.3, -0.25) is 4.98 Å². The lowest BCUT2D eigenvalue weighted by atomic mass is 9.83. The summed E-state index contributed by atoms with van der Waals surface area (Å²) in [5.74, 6) is 0.294. The second-order valence-corrected chi connectivity index (χ2v) is 6.09. The summed E-state index contributed by atoms with van der Waals surface area (Å²) in [5.41, 5.74) is 8.18. The molecule has 0 amide bonds. The van der Waals surface area contributed by atoms with Gasteiger partial charge >= 0.3 is 0 Å². The number of benzene rings is 2. The Hall–Kier alpha value is -2.41. The summed E-state index contributed by atoms with van der Waals surface area (Å²) in [5, 5.41) is 0. The summed E-state index contributed by atoms with van der Waals surface area (Å²) >= 11 is 0. The van der Waals surface area contributed by atoms with E-state index in [-0.39, 0.29) is 0 Å². The number of hydrogen-bond acceptors (Lipinski definition) is 1. The van der Waals surface area contributed by atoms with Crippen molar-refractivity contribution in [3.8, 4) is 0 Å². The van der Waals surface area contributed by atoms with Gasteiger partial charge in [0.25, 0.3) is 0 Å². The Morgan fingerprint density at radius 1 is 0.864 bits per heavy atom. The molecule has 1 heteroatoms. The fourth-order valence-corrected chi connectivity index (χ4v) is 3.56. The first-order chi connectivity index (χ1) is 10.8. The maximum absolute atomic E-state index is 4.66. The molecule has 22 heavy (non-hydrogen) atoms. The molecule has 0 bridgehead atoms. The summed E-state index contributed by atoms with van der Waals surface area (Å²) < 4.78 is 0. The van der Waals surface area contributed by atoms with Gasteiger partial charge in [-0.25, -0.2) is 0 Å². The number of aromatic nitrogens is 1. The topological polar surface area (TPSA) is 12.9 Å². The zero-order chi connectivity index (χ0) is 14.9. The number of pyridine rings is 1. The van der Waals surface area contributed by atoms with Gasteiger partial charge in [0.15, 0.2) is 0 Å². The molecule has 0 radical (unpaired) electrons. The number of nitrogens with zero attached hydrogens (tertiary/aromatic N) is 1. The van der Waals surface area contributed by atoms with Crippen LogP contribution in [-0.4, -0.2) is 4.98 Å². The van der Waals surface area contributed by atoms with Crippen molar-refractivity contribution in [2.45, 2.75) is 25.7 Å². The van der Waals surface area contributed by atoms with Crippen molar-refractivity contribution >= 4 is 0 Å². The summed E-state index contributed by atoms with van der Waals surface area (Å²) in [6, 6.07) is 22.0. The molecule has 0 fully saturated rings. The largest absolute Gasteiger partial charge is 0.261 e. The second-order valence-electron chi connectivity index (χ2n) is 6.09. The normalized spacial score (nSPS) is 16.5. The zero-order valence-electron chi connectivity index (χ0n) is 12.8. The molecule has 1 aliphatic carbocycles. The minimum absolute atomic E-state index is 0.294. The summed E-state index contributed by atoms with van der Waals surface area (Å²) in [6.07, 6.45) is 4.01. The van der Waals surface area contributed by atoms with Crippen molar-refractivity contribution < 1.29 is 0 Å². The highest BCUT2D eigenvalue weighted by molar-refractivity contribution is 5.50. The molecule has 2 aromatic carbocycles. The van der Waals surface area contributed by atoms with E-state index < -0.39 is 0 Å². The van der Waals surface area contributed by atoms with Crippen LogP contribution in [0.3, 0.4) is 0 Å². The van der Waals surface area contributed by atoms with E-state index in [0.717, 1.165) is 12.8 Å². The van der Waals surface area contributed by atoms with Crippen molar-refractivity contribution in [3.63, 3.8) is 0 Å². The van der Waals surface area contributed by atoms with Gasteiger partial charge in [-0.05, 0) is 48.1 Å². The van der Waals surface area contributed by atoms with Gasteiger partial charge in [-0.2, -0.15) is 0 Å². The van der Waals surface area contributed by atoms with Gasteiger partial charge in [-0.15, -0.1) is 0 Å². The Balaban J connectivity index is 2.00. The van der Waals surface area contributed by atoms with E-state index in [1.165, 1.54) is 33.5 Å². The highest BCUT2D eigenvalue weighted by Gasteiger charge is 2.25. The zero-order valence-corrected chi connectivity index (χ0v) is 12.8. The third-order valence-electron chi connectivity index (χ3n) is 4.61. The first-order valence-electron chi connectivity index (χ1n) is 7.91. The average Bonchev–Trinajstić information content (AvgIpc) is 2.72. The molecule has 0 saturated heterocycles. The van der Waals surface area contributed by atoms with Crippen molar-refractivity contribution in [2.24, 2.45) is 0 Å². The van der Waals surface area contributed by atoms with Crippen molar-refractivity contribution in [3.05, 3.63) is 100 Å². The Kier molecular flexibility index (Phi) is 3.27. The minimum Gasteiger partial charge on any atom is -0.261 e. The number of aryl methyl sites for hydroxylation is 3. The Morgan fingerprint density at radius 3 is 2.59 bits per heavy atom. The Labute approximate surface area is 131 Å². The van der Waals surface area contributed by atoms with E-state index in [1.54, 1.807) is 0 Å². The summed E-state index contributed by atoms with van der Waals surface area (Å²) in [4.78, 5) is 4.66. The standard InChI is InChI=1S/C21H19N/c1-15-9-10-16-11-12-20-18(8-5-13-22-20)21(19(16)14-15)17-6-3-2-4-7-17/h2-10,13-14,21H,11-12H2,1H3. The van der Waals surface area contributed by atoms with Crippen molar-refractivity contribution in [2.75, 3.05) is 0 Å². The van der Waals surface area contributed by atoms with Crippen LogP contribution in [0.25, 0.3) is 0 Å². The van der Waals surface area contributed by atoms with E-state index in [2.05, 4.69) is 72.6 Å². The molecule has 1 nitrogen and oxygen atoms in total. The lowest BCUT2D eigenvalue weighted by Crippen LogP contribution is -2.06. The lowest BCUT2D eigenvalue weighted by Gasteiger charge is -2.21. The van der Waals surface area contributed by atoms with Gasteiger partial charge in [0.1, 0.15) is 0 Å². The van der Waals surface area contributed by atoms with E-state index in [1.807, 2.05) is 6.20 Å². The Bertz CT molecular complexity index is 805. The van der Waals surface area contributed by atoms with E-state index in [9.17, 15) is 0 Å². The molecule has 1 unspecified atom stereocenters. The fraction of sp³-hybridized carbons (Fsp3) is 0.190. The number of hydrogen-bond donors (Lipinski definition) is 0. The first kappa shape index (κ1) is 13.3. The van der Waals surface area contributed by atoms with Crippen LogP contribution in [-0.2, 0) is 12.8 Å². The maximum Gasteiger partial charge on any atom is 0.0448 e. The van der Waals surface area contributed by atoms with Crippen LogP contribution in [0.2, 0.25) is 0 Å². The molecule has 4 rings (SSSR count). The molecular formula is C21H19N. The van der Waals surface area contributed by atoms with E-state index in [0.29, 0.717) is 5.92 Å². The molecule has 3 aromatic rings. The van der Waals surface area contributed by atoms with Crippen LogP contribution >= 0.6 is 0 Å². The highest BCUT2D eigenvalue weighted by atomic mass is 14.7. The third kappa shape index (κ3) is 2.23. The molecule has 1 atom stereocenters. The van der Waals surface area contributed by atoms with Crippen LogP contribution in [0.1, 0.15) is 39.4 Å². The van der Waals surface area contributed by atoms with Crippen LogP contribution in [0.15, 0.2) is 66.9 Å². The van der Waals surface area contributed by atoms with Gasteiger partial charge in [0.05, 0.1) is 0 Å². The maximum atomic E-state index is 4.66. The summed E-state index contributed by atoms with van der Waals surface area (Å²) in [7, 11) is 0. The van der Waals surface area contributed by atoms with Crippen molar-refractivity contribution in [1.29, 1.82) is 0 Å². The smallest absolute Gasteiger partial charge is 0.0448 e. The Morgan fingerprint density at radius 2 is 1.73 bits per heavy atom. The minimum atomic E-state index is 0.294. The lowest BCUT2D eigenvalue weighted by molar-refractivity contribution is 0.907. The molecule has 0 saturated carbocycles. The molecule has 1 aliphatic rings. The first-order valence-corrected chi connectivity index (χ1v) is 7.91. The van der Waals surface area contributed by atoms with Crippen LogP contribution in [0.4, 0.5) is 0 Å². The average molecular weight is 285 g/mol. The SMILES string of the molecule is Cc1ccc2c(c1)C(c1ccccc1)c1cccnc1CC2. The fourth-order valence-electron chi connectivity index (χ4n) is 3.56. The molecule has 0 spiro atoms. The predicted octanol–water partition coefficient (Wildman–Crippen LogP) is 4.67. The quantitative estimate of drug-likeness (QED) is 0.633. The summed E-state index contributed by atoms with van der Waals surface area (Å²) in [6.45, 7) is 2.18. The number of rotatable bonds is 1. The highest BCUT2D eigenvalue weighted by Crippen LogP contribution is 2.38. The predicted molar refractivity (Wildman–Crippen MR) is 90.2 cm³/mol.